The van der Waals surface area contributed by atoms with Crippen LogP contribution in [-0.4, -0.2) is 32.4 Å². The number of ether oxygens (including phenoxy) is 3. The van der Waals surface area contributed by atoms with E-state index in [0.717, 1.165) is 23.6 Å². The Hall–Kier alpha value is -2.23. The first-order valence-corrected chi connectivity index (χ1v) is 8.53. The van der Waals surface area contributed by atoms with E-state index in [1.807, 2.05) is 25.1 Å². The number of nitrogens with one attached hydrogen (secondary N) is 2. The number of benzene rings is 2. The van der Waals surface area contributed by atoms with Crippen molar-refractivity contribution in [2.45, 2.75) is 13.5 Å². The van der Waals surface area contributed by atoms with Gasteiger partial charge in [-0.05, 0) is 36.8 Å². The minimum absolute atomic E-state index is 0. The molecule has 2 N–H and O–H groups in total. The summed E-state index contributed by atoms with van der Waals surface area (Å²) in [6.07, 6.45) is 0. The van der Waals surface area contributed by atoms with Gasteiger partial charge < -0.3 is 24.8 Å². The fraction of sp³-hybridized carbons (Fsp3) is 0.316. The monoisotopic (exact) mass is 487 g/mol. The molecule has 0 saturated heterocycles. The van der Waals surface area contributed by atoms with Gasteiger partial charge in [0.15, 0.2) is 17.5 Å². The first-order valence-electron chi connectivity index (χ1n) is 8.53. The third-order valence-corrected chi connectivity index (χ3v) is 3.68. The molecule has 146 valence electrons. The van der Waals surface area contributed by atoms with E-state index in [0.29, 0.717) is 31.4 Å². The number of guanidine groups is 1. The molecule has 0 amide bonds. The molecular formula is C19H23FIN3O3. The molecule has 0 unspecified atom stereocenters. The van der Waals surface area contributed by atoms with Crippen LogP contribution in [0.2, 0.25) is 0 Å². The summed E-state index contributed by atoms with van der Waals surface area (Å²) < 4.78 is 29.2. The minimum Gasteiger partial charge on any atom is -0.492 e. The van der Waals surface area contributed by atoms with E-state index < -0.39 is 0 Å². The zero-order chi connectivity index (χ0) is 18.2. The van der Waals surface area contributed by atoms with Crippen LogP contribution < -0.4 is 24.8 Å². The number of aliphatic imine (C=N–C) groups is 1. The minimum atomic E-state index is -0.247. The quantitative estimate of drug-likeness (QED) is 0.272. The molecule has 1 heterocycles. The highest BCUT2D eigenvalue weighted by Gasteiger charge is 2.13. The van der Waals surface area contributed by atoms with Crippen LogP contribution in [0.3, 0.4) is 0 Å². The van der Waals surface area contributed by atoms with Gasteiger partial charge >= 0.3 is 0 Å². The van der Waals surface area contributed by atoms with Crippen molar-refractivity contribution < 1.29 is 18.6 Å². The highest BCUT2D eigenvalue weighted by molar-refractivity contribution is 14.0. The van der Waals surface area contributed by atoms with Crippen molar-refractivity contribution in [2.75, 3.05) is 26.5 Å². The highest BCUT2D eigenvalue weighted by Crippen LogP contribution is 2.34. The van der Waals surface area contributed by atoms with E-state index in [1.54, 1.807) is 12.1 Å². The number of hydrogen-bond donors (Lipinski definition) is 2. The predicted molar refractivity (Wildman–Crippen MR) is 113 cm³/mol. The second kappa shape index (κ2) is 10.8. The summed E-state index contributed by atoms with van der Waals surface area (Å²) in [5, 5.41) is 6.38. The second-order valence-corrected chi connectivity index (χ2v) is 5.61. The van der Waals surface area contributed by atoms with Gasteiger partial charge in [0.05, 0.1) is 13.1 Å². The van der Waals surface area contributed by atoms with Crippen LogP contribution in [0.5, 0.6) is 17.2 Å². The smallest absolute Gasteiger partial charge is 0.231 e. The first-order chi connectivity index (χ1) is 12.7. The van der Waals surface area contributed by atoms with Crippen molar-refractivity contribution in [3.05, 3.63) is 53.8 Å². The molecule has 0 aliphatic carbocycles. The molecular weight excluding hydrogens is 464 g/mol. The maximum atomic E-state index is 12.9. The van der Waals surface area contributed by atoms with E-state index in [-0.39, 0.29) is 36.6 Å². The molecule has 0 radical (unpaired) electrons. The molecule has 0 aromatic heterocycles. The van der Waals surface area contributed by atoms with Crippen LogP contribution in [0.4, 0.5) is 4.39 Å². The number of fused-ring (bicyclic) bond motifs is 1. The Morgan fingerprint density at radius 3 is 2.67 bits per heavy atom. The summed E-state index contributed by atoms with van der Waals surface area (Å²) in [4.78, 5) is 4.49. The van der Waals surface area contributed by atoms with Gasteiger partial charge in [-0.2, -0.15) is 0 Å². The Morgan fingerprint density at radius 1 is 1.11 bits per heavy atom. The average molecular weight is 487 g/mol. The number of halogens is 2. The molecule has 0 saturated carbocycles. The molecule has 1 aliphatic heterocycles. The molecule has 0 bridgehead atoms. The lowest BCUT2D eigenvalue weighted by molar-refractivity contribution is 0.173. The summed E-state index contributed by atoms with van der Waals surface area (Å²) in [7, 11) is 0. The second-order valence-electron chi connectivity index (χ2n) is 5.61. The van der Waals surface area contributed by atoms with E-state index in [2.05, 4.69) is 15.6 Å². The molecule has 1 aliphatic rings. The van der Waals surface area contributed by atoms with E-state index >= 15 is 0 Å². The standard InChI is InChI=1S/C19H22FN3O3.HI/c1-2-21-19(23-12-14-3-5-15(20)6-4-14)22-9-10-24-16-7-8-17-18(11-16)26-13-25-17;/h3-8,11H,2,9-10,12-13H2,1H3,(H2,21,22,23);1H. The van der Waals surface area contributed by atoms with Gasteiger partial charge in [0.2, 0.25) is 6.79 Å². The Bertz CT molecular complexity index is 756. The maximum Gasteiger partial charge on any atom is 0.231 e. The highest BCUT2D eigenvalue weighted by atomic mass is 127. The summed E-state index contributed by atoms with van der Waals surface area (Å²) in [6.45, 7) is 4.52. The number of hydrogen-bond acceptors (Lipinski definition) is 4. The zero-order valence-electron chi connectivity index (χ0n) is 15.0. The van der Waals surface area contributed by atoms with E-state index in [9.17, 15) is 4.39 Å². The molecule has 6 nitrogen and oxygen atoms in total. The van der Waals surface area contributed by atoms with Crippen LogP contribution in [0.1, 0.15) is 12.5 Å². The van der Waals surface area contributed by atoms with E-state index in [1.165, 1.54) is 12.1 Å². The summed E-state index contributed by atoms with van der Waals surface area (Å²) >= 11 is 0. The Morgan fingerprint density at radius 2 is 1.89 bits per heavy atom. The van der Waals surface area contributed by atoms with Crippen LogP contribution in [-0.2, 0) is 6.54 Å². The summed E-state index contributed by atoms with van der Waals surface area (Å²) in [5.41, 5.74) is 0.945. The lowest BCUT2D eigenvalue weighted by atomic mass is 10.2. The largest absolute Gasteiger partial charge is 0.492 e. The molecule has 2 aromatic rings. The summed E-state index contributed by atoms with van der Waals surface area (Å²) in [5.74, 6) is 2.60. The van der Waals surface area contributed by atoms with Gasteiger partial charge in [-0.15, -0.1) is 24.0 Å². The SMILES string of the molecule is CCNC(=NCc1ccc(F)cc1)NCCOc1ccc2c(c1)OCO2.I. The van der Waals surface area contributed by atoms with Crippen LogP contribution in [0, 0.1) is 5.82 Å². The van der Waals surface area contributed by atoms with Gasteiger partial charge in [0.1, 0.15) is 18.2 Å². The van der Waals surface area contributed by atoms with Crippen molar-refractivity contribution in [1.82, 2.24) is 10.6 Å². The number of nitrogens with zero attached hydrogens (tertiary/aromatic N) is 1. The molecule has 2 aromatic carbocycles. The van der Waals surface area contributed by atoms with Crippen LogP contribution in [0.25, 0.3) is 0 Å². The van der Waals surface area contributed by atoms with Crippen LogP contribution >= 0.6 is 24.0 Å². The Labute approximate surface area is 175 Å². The lowest BCUT2D eigenvalue weighted by Gasteiger charge is -2.12. The Kier molecular flexibility index (Phi) is 8.43. The van der Waals surface area contributed by atoms with Crippen molar-refractivity contribution >= 4 is 29.9 Å². The lowest BCUT2D eigenvalue weighted by Crippen LogP contribution is -2.39. The van der Waals surface area contributed by atoms with Gasteiger partial charge in [0.25, 0.3) is 0 Å². The fourth-order valence-electron chi connectivity index (χ4n) is 2.41. The van der Waals surface area contributed by atoms with Crippen molar-refractivity contribution in [3.8, 4) is 17.2 Å². The molecule has 8 heteroatoms. The number of rotatable bonds is 7. The fourth-order valence-corrected chi connectivity index (χ4v) is 2.41. The van der Waals surface area contributed by atoms with Gasteiger partial charge in [-0.1, -0.05) is 12.1 Å². The maximum absolute atomic E-state index is 12.9. The molecule has 27 heavy (non-hydrogen) atoms. The average Bonchev–Trinajstić information content (AvgIpc) is 3.12. The van der Waals surface area contributed by atoms with Crippen molar-refractivity contribution in [1.29, 1.82) is 0 Å². The van der Waals surface area contributed by atoms with Crippen molar-refractivity contribution in [3.63, 3.8) is 0 Å². The first kappa shape index (κ1) is 21.1. The molecule has 0 spiro atoms. The topological polar surface area (TPSA) is 64.1 Å². The van der Waals surface area contributed by atoms with Gasteiger partial charge in [-0.3, -0.25) is 0 Å². The molecule has 0 fully saturated rings. The predicted octanol–water partition coefficient (Wildman–Crippen LogP) is 3.31. The van der Waals surface area contributed by atoms with Gasteiger partial charge in [-0.25, -0.2) is 9.38 Å². The normalized spacial score (nSPS) is 12.3. The third kappa shape index (κ3) is 6.46. The third-order valence-electron chi connectivity index (χ3n) is 3.68. The van der Waals surface area contributed by atoms with Crippen LogP contribution in [0.15, 0.2) is 47.5 Å². The molecule has 0 atom stereocenters. The summed E-state index contributed by atoms with van der Waals surface area (Å²) in [6, 6.07) is 11.8. The van der Waals surface area contributed by atoms with E-state index in [4.69, 9.17) is 14.2 Å². The Balaban J connectivity index is 0.00000261. The molecule has 3 rings (SSSR count). The zero-order valence-corrected chi connectivity index (χ0v) is 17.4. The van der Waals surface area contributed by atoms with Gasteiger partial charge in [0, 0.05) is 12.6 Å². The van der Waals surface area contributed by atoms with Crippen molar-refractivity contribution in [2.24, 2.45) is 4.99 Å².